The van der Waals surface area contributed by atoms with Crippen LogP contribution in [0.1, 0.15) is 38.9 Å². The summed E-state index contributed by atoms with van der Waals surface area (Å²) < 4.78 is 0. The van der Waals surface area contributed by atoms with Gasteiger partial charge in [0.1, 0.15) is 0 Å². The van der Waals surface area contributed by atoms with Gasteiger partial charge in [-0.25, -0.2) is 0 Å². The number of hydrogen-bond acceptors (Lipinski definition) is 4. The molecule has 2 N–H and O–H groups in total. The van der Waals surface area contributed by atoms with Crippen molar-refractivity contribution in [3.63, 3.8) is 0 Å². The third kappa shape index (κ3) is 1.64. The van der Waals surface area contributed by atoms with Crippen molar-refractivity contribution in [1.29, 1.82) is 0 Å². The molecule has 1 aliphatic carbocycles. The lowest BCUT2D eigenvalue weighted by atomic mass is 10.1. The molecule has 0 saturated heterocycles. The van der Waals surface area contributed by atoms with Gasteiger partial charge >= 0.3 is 0 Å². The quantitative estimate of drug-likeness (QED) is 0.745. The van der Waals surface area contributed by atoms with E-state index in [0.717, 1.165) is 18.8 Å². The van der Waals surface area contributed by atoms with Crippen molar-refractivity contribution >= 4 is 0 Å². The molecule has 2 atom stereocenters. The van der Waals surface area contributed by atoms with E-state index in [1.807, 2.05) is 0 Å². The molecule has 0 amide bonds. The third-order valence-corrected chi connectivity index (χ3v) is 2.59. The molecule has 1 saturated carbocycles. The van der Waals surface area contributed by atoms with Gasteiger partial charge in [-0.2, -0.15) is 4.80 Å². The minimum absolute atomic E-state index is 0.0850. The maximum atomic E-state index is 5.57. The zero-order valence-corrected chi connectivity index (χ0v) is 8.94. The van der Waals surface area contributed by atoms with Crippen LogP contribution in [0, 0.1) is 5.92 Å². The van der Waals surface area contributed by atoms with E-state index in [4.69, 9.17) is 5.73 Å². The Hall–Kier alpha value is -0.970. The Labute approximate surface area is 83.7 Å². The first-order valence-corrected chi connectivity index (χ1v) is 5.03. The fourth-order valence-corrected chi connectivity index (χ4v) is 1.48. The monoisotopic (exact) mass is 195 g/mol. The zero-order chi connectivity index (χ0) is 10.3. The van der Waals surface area contributed by atoms with Crippen LogP contribution in [0.15, 0.2) is 0 Å². The SMILES string of the molecule is CC(C)(C)n1nnc(C2CC2CN)n1. The van der Waals surface area contributed by atoms with E-state index in [1.165, 1.54) is 0 Å². The number of hydrogen-bond donors (Lipinski definition) is 1. The van der Waals surface area contributed by atoms with Gasteiger partial charge in [0.25, 0.3) is 0 Å². The van der Waals surface area contributed by atoms with Gasteiger partial charge in [0.2, 0.25) is 0 Å². The molecule has 5 heteroatoms. The summed E-state index contributed by atoms with van der Waals surface area (Å²) in [5.41, 5.74) is 5.49. The van der Waals surface area contributed by atoms with Gasteiger partial charge in [-0.05, 0) is 44.9 Å². The standard InChI is InChI=1S/C9H17N5/c1-9(2,3)14-12-8(11-13-14)7-4-6(7)5-10/h6-7H,4-5,10H2,1-3H3. The lowest BCUT2D eigenvalue weighted by molar-refractivity contribution is 0.305. The molecule has 1 aromatic rings. The summed E-state index contributed by atoms with van der Waals surface area (Å²) in [4.78, 5) is 1.67. The highest BCUT2D eigenvalue weighted by Crippen LogP contribution is 2.44. The van der Waals surface area contributed by atoms with Crippen molar-refractivity contribution in [2.75, 3.05) is 6.54 Å². The predicted molar refractivity (Wildman–Crippen MR) is 52.7 cm³/mol. The highest BCUT2D eigenvalue weighted by atomic mass is 15.6. The molecule has 0 bridgehead atoms. The van der Waals surface area contributed by atoms with Crippen LogP contribution in [0.5, 0.6) is 0 Å². The van der Waals surface area contributed by atoms with E-state index >= 15 is 0 Å². The lowest BCUT2D eigenvalue weighted by Crippen LogP contribution is -2.24. The van der Waals surface area contributed by atoms with Gasteiger partial charge < -0.3 is 5.73 Å². The highest BCUT2D eigenvalue weighted by molar-refractivity contribution is 5.07. The van der Waals surface area contributed by atoms with Crippen LogP contribution in [0.3, 0.4) is 0 Å². The van der Waals surface area contributed by atoms with Crippen molar-refractivity contribution in [2.24, 2.45) is 11.7 Å². The summed E-state index contributed by atoms with van der Waals surface area (Å²) in [7, 11) is 0. The molecule has 0 radical (unpaired) electrons. The van der Waals surface area contributed by atoms with Crippen molar-refractivity contribution in [3.05, 3.63) is 5.82 Å². The molecule has 1 fully saturated rings. The van der Waals surface area contributed by atoms with Crippen LogP contribution in [0.4, 0.5) is 0 Å². The first-order chi connectivity index (χ1) is 6.52. The molecule has 5 nitrogen and oxygen atoms in total. The Kier molecular flexibility index (Phi) is 2.06. The number of rotatable bonds is 2. The summed E-state index contributed by atoms with van der Waals surface area (Å²) in [6.45, 7) is 6.91. The smallest absolute Gasteiger partial charge is 0.178 e. The molecule has 0 aromatic carbocycles. The molecule has 0 spiro atoms. The largest absolute Gasteiger partial charge is 0.330 e. The Morgan fingerprint density at radius 2 is 2.21 bits per heavy atom. The second-order valence-electron chi connectivity index (χ2n) is 4.95. The van der Waals surface area contributed by atoms with Gasteiger partial charge in [0.15, 0.2) is 5.82 Å². The molecular weight excluding hydrogens is 178 g/mol. The van der Waals surface area contributed by atoms with E-state index < -0.39 is 0 Å². The van der Waals surface area contributed by atoms with Crippen LogP contribution < -0.4 is 5.73 Å². The minimum atomic E-state index is -0.0850. The van der Waals surface area contributed by atoms with Gasteiger partial charge in [-0.15, -0.1) is 10.2 Å². The predicted octanol–water partition coefficient (Wildman–Crippen LogP) is 0.490. The molecule has 1 heterocycles. The van der Waals surface area contributed by atoms with E-state index in [-0.39, 0.29) is 5.54 Å². The van der Waals surface area contributed by atoms with Gasteiger partial charge in [-0.3, -0.25) is 0 Å². The second kappa shape index (κ2) is 3.02. The number of nitrogens with zero attached hydrogens (tertiary/aromatic N) is 4. The summed E-state index contributed by atoms with van der Waals surface area (Å²) in [6.07, 6.45) is 1.12. The van der Waals surface area contributed by atoms with Crippen molar-refractivity contribution in [3.8, 4) is 0 Å². The van der Waals surface area contributed by atoms with Crippen LogP contribution in [-0.4, -0.2) is 26.8 Å². The van der Waals surface area contributed by atoms with Crippen LogP contribution in [0.2, 0.25) is 0 Å². The Balaban J connectivity index is 2.12. The minimum Gasteiger partial charge on any atom is -0.330 e. The number of tetrazole rings is 1. The van der Waals surface area contributed by atoms with E-state index in [2.05, 4.69) is 36.2 Å². The fourth-order valence-electron chi connectivity index (χ4n) is 1.48. The average Bonchev–Trinajstić information content (AvgIpc) is 2.71. The summed E-state index contributed by atoms with van der Waals surface area (Å²) in [5, 5.41) is 12.5. The molecule has 14 heavy (non-hydrogen) atoms. The molecule has 2 rings (SSSR count). The van der Waals surface area contributed by atoms with E-state index in [9.17, 15) is 0 Å². The first kappa shape index (κ1) is 9.58. The van der Waals surface area contributed by atoms with Gasteiger partial charge in [0, 0.05) is 5.92 Å². The molecule has 2 unspecified atom stereocenters. The molecule has 1 aliphatic rings. The maximum Gasteiger partial charge on any atom is 0.178 e. The summed E-state index contributed by atoms with van der Waals surface area (Å²) >= 11 is 0. The maximum absolute atomic E-state index is 5.57. The van der Waals surface area contributed by atoms with Gasteiger partial charge in [0.05, 0.1) is 5.54 Å². The summed E-state index contributed by atoms with van der Waals surface area (Å²) in [6, 6.07) is 0. The Bertz CT molecular complexity index is 324. The average molecular weight is 195 g/mol. The number of aromatic nitrogens is 4. The van der Waals surface area contributed by atoms with Crippen molar-refractivity contribution in [1.82, 2.24) is 20.2 Å². The van der Waals surface area contributed by atoms with Crippen molar-refractivity contribution < 1.29 is 0 Å². The Morgan fingerprint density at radius 1 is 1.50 bits per heavy atom. The second-order valence-corrected chi connectivity index (χ2v) is 4.95. The van der Waals surface area contributed by atoms with Crippen molar-refractivity contribution in [2.45, 2.75) is 38.6 Å². The Morgan fingerprint density at radius 3 is 2.64 bits per heavy atom. The van der Waals surface area contributed by atoms with E-state index in [1.54, 1.807) is 4.80 Å². The highest BCUT2D eigenvalue weighted by Gasteiger charge is 2.40. The fraction of sp³-hybridized carbons (Fsp3) is 0.889. The van der Waals surface area contributed by atoms with Crippen LogP contribution in [0.25, 0.3) is 0 Å². The molecule has 78 valence electrons. The lowest BCUT2D eigenvalue weighted by Gasteiger charge is -2.15. The normalized spacial score (nSPS) is 26.6. The van der Waals surface area contributed by atoms with Gasteiger partial charge in [-0.1, -0.05) is 0 Å². The first-order valence-electron chi connectivity index (χ1n) is 5.03. The van der Waals surface area contributed by atoms with E-state index in [0.29, 0.717) is 11.8 Å². The van der Waals surface area contributed by atoms with Crippen LogP contribution in [-0.2, 0) is 5.54 Å². The molecule has 0 aliphatic heterocycles. The third-order valence-electron chi connectivity index (χ3n) is 2.59. The molecular formula is C9H17N5. The zero-order valence-electron chi connectivity index (χ0n) is 8.94. The summed E-state index contributed by atoms with van der Waals surface area (Å²) in [5.74, 6) is 1.89. The number of nitrogens with two attached hydrogens (primary N) is 1. The molecule has 1 aromatic heterocycles. The van der Waals surface area contributed by atoms with Crippen LogP contribution >= 0.6 is 0 Å². The topological polar surface area (TPSA) is 69.6 Å².